The zero-order valence-corrected chi connectivity index (χ0v) is 14.7. The van der Waals surface area contributed by atoms with Crippen LogP contribution in [-0.2, 0) is 9.59 Å². The molecule has 3 amide bonds. The molecule has 1 aromatic carbocycles. The largest absolute Gasteiger partial charge is 0.343 e. The minimum Gasteiger partial charge on any atom is -0.343 e. The number of hydrogen-bond acceptors (Lipinski definition) is 3. The number of rotatable bonds is 4. The normalized spacial score (nSPS) is 14.7. The molecule has 7 heteroatoms. The molecule has 2 rings (SSSR count). The summed E-state index contributed by atoms with van der Waals surface area (Å²) in [5, 5.41) is 2.94. The van der Waals surface area contributed by atoms with E-state index in [9.17, 15) is 14.4 Å². The molecule has 0 aliphatic carbocycles. The predicted octanol–water partition coefficient (Wildman–Crippen LogP) is 1.40. The number of hydrogen-bond donors (Lipinski definition) is 1. The fourth-order valence-electron chi connectivity index (χ4n) is 2.55. The topological polar surface area (TPSA) is 69.7 Å². The Morgan fingerprint density at radius 2 is 1.67 bits per heavy atom. The Balaban J connectivity index is 1.81. The molecule has 1 aliphatic heterocycles. The second kappa shape index (κ2) is 8.15. The molecule has 0 saturated carbocycles. The molecule has 0 radical (unpaired) electrons. The first kappa shape index (κ1) is 18.3. The van der Waals surface area contributed by atoms with Crippen LogP contribution in [0.3, 0.4) is 0 Å². The van der Waals surface area contributed by atoms with Crippen LogP contribution in [0.4, 0.5) is 0 Å². The molecule has 1 aromatic rings. The highest BCUT2D eigenvalue weighted by molar-refractivity contribution is 6.33. The van der Waals surface area contributed by atoms with Gasteiger partial charge in [0.15, 0.2) is 0 Å². The van der Waals surface area contributed by atoms with E-state index in [1.165, 1.54) is 0 Å². The molecule has 130 valence electrons. The van der Waals surface area contributed by atoms with E-state index in [4.69, 9.17) is 11.6 Å². The molecule has 0 bridgehead atoms. The molecule has 1 heterocycles. The average molecular weight is 352 g/mol. The van der Waals surface area contributed by atoms with Crippen molar-refractivity contribution < 1.29 is 14.4 Å². The van der Waals surface area contributed by atoms with Crippen LogP contribution in [0, 0.1) is 5.92 Å². The molecule has 0 unspecified atom stereocenters. The van der Waals surface area contributed by atoms with E-state index >= 15 is 0 Å². The first-order valence-electron chi connectivity index (χ1n) is 7.99. The van der Waals surface area contributed by atoms with Crippen molar-refractivity contribution in [1.82, 2.24) is 15.1 Å². The molecular formula is C17H22ClN3O3. The highest BCUT2D eigenvalue weighted by atomic mass is 35.5. The Hall–Kier alpha value is -2.08. The van der Waals surface area contributed by atoms with E-state index < -0.39 is 0 Å². The summed E-state index contributed by atoms with van der Waals surface area (Å²) in [5.41, 5.74) is 0.347. The third-order valence-corrected chi connectivity index (χ3v) is 4.29. The van der Waals surface area contributed by atoms with Gasteiger partial charge in [-0.1, -0.05) is 37.6 Å². The molecule has 0 atom stereocenters. The second-order valence-electron chi connectivity index (χ2n) is 6.02. The Labute approximate surface area is 146 Å². The van der Waals surface area contributed by atoms with Gasteiger partial charge in [0.2, 0.25) is 11.8 Å². The maximum absolute atomic E-state index is 12.2. The Kier molecular flexibility index (Phi) is 6.20. The van der Waals surface area contributed by atoms with E-state index in [0.29, 0.717) is 36.8 Å². The summed E-state index contributed by atoms with van der Waals surface area (Å²) in [6.45, 7) is 5.68. The monoisotopic (exact) mass is 351 g/mol. The fraction of sp³-hybridized carbons (Fsp3) is 0.471. The van der Waals surface area contributed by atoms with E-state index in [1.54, 1.807) is 34.1 Å². The number of benzene rings is 1. The number of amides is 3. The molecule has 1 fully saturated rings. The molecular weight excluding hydrogens is 330 g/mol. The molecule has 0 spiro atoms. The fourth-order valence-corrected chi connectivity index (χ4v) is 2.77. The summed E-state index contributed by atoms with van der Waals surface area (Å²) in [4.78, 5) is 39.6. The van der Waals surface area contributed by atoms with Crippen molar-refractivity contribution in [3.05, 3.63) is 34.9 Å². The lowest BCUT2D eigenvalue weighted by Crippen LogP contribution is -2.53. The third kappa shape index (κ3) is 4.47. The quantitative estimate of drug-likeness (QED) is 0.891. The number of nitrogens with one attached hydrogen (secondary N) is 1. The van der Waals surface area contributed by atoms with Crippen molar-refractivity contribution in [3.63, 3.8) is 0 Å². The Morgan fingerprint density at radius 3 is 2.25 bits per heavy atom. The molecule has 1 saturated heterocycles. The van der Waals surface area contributed by atoms with Gasteiger partial charge in [0, 0.05) is 32.1 Å². The van der Waals surface area contributed by atoms with Gasteiger partial charge in [0.1, 0.15) is 0 Å². The smallest absolute Gasteiger partial charge is 0.253 e. The minimum atomic E-state index is -0.373. The second-order valence-corrected chi connectivity index (χ2v) is 6.43. The minimum absolute atomic E-state index is 0.0397. The lowest BCUT2D eigenvalue weighted by atomic mass is 10.1. The van der Waals surface area contributed by atoms with Crippen LogP contribution in [0.25, 0.3) is 0 Å². The van der Waals surface area contributed by atoms with Gasteiger partial charge in [0.25, 0.3) is 5.91 Å². The van der Waals surface area contributed by atoms with Gasteiger partial charge in [-0.25, -0.2) is 0 Å². The van der Waals surface area contributed by atoms with Gasteiger partial charge in [0.05, 0.1) is 17.1 Å². The molecule has 1 aliphatic rings. The SMILES string of the molecule is CC(C)C(=O)N1CCN(C(=O)CNC(=O)c2ccccc2Cl)CC1. The number of halogens is 1. The third-order valence-electron chi connectivity index (χ3n) is 3.96. The number of carbonyl (C=O) groups is 3. The molecule has 1 N–H and O–H groups in total. The maximum atomic E-state index is 12.2. The van der Waals surface area contributed by atoms with E-state index in [2.05, 4.69) is 5.32 Å². The van der Waals surface area contributed by atoms with Crippen molar-refractivity contribution in [2.75, 3.05) is 32.7 Å². The van der Waals surface area contributed by atoms with Crippen molar-refractivity contribution in [2.24, 2.45) is 5.92 Å². The van der Waals surface area contributed by atoms with Crippen LogP contribution in [0.15, 0.2) is 24.3 Å². The number of piperazine rings is 1. The van der Waals surface area contributed by atoms with Gasteiger partial charge in [-0.15, -0.1) is 0 Å². The van der Waals surface area contributed by atoms with Gasteiger partial charge < -0.3 is 15.1 Å². The molecule has 24 heavy (non-hydrogen) atoms. The average Bonchev–Trinajstić information content (AvgIpc) is 2.59. The maximum Gasteiger partial charge on any atom is 0.253 e. The highest BCUT2D eigenvalue weighted by Crippen LogP contribution is 2.14. The van der Waals surface area contributed by atoms with Gasteiger partial charge in [-0.2, -0.15) is 0 Å². The first-order valence-corrected chi connectivity index (χ1v) is 8.37. The number of carbonyl (C=O) groups excluding carboxylic acids is 3. The van der Waals surface area contributed by atoms with Crippen LogP contribution >= 0.6 is 11.6 Å². The summed E-state index contributed by atoms with van der Waals surface area (Å²) in [6, 6.07) is 6.69. The van der Waals surface area contributed by atoms with Crippen LogP contribution in [-0.4, -0.2) is 60.2 Å². The zero-order valence-electron chi connectivity index (χ0n) is 13.9. The Morgan fingerprint density at radius 1 is 1.08 bits per heavy atom. The van der Waals surface area contributed by atoms with Gasteiger partial charge >= 0.3 is 0 Å². The lowest BCUT2D eigenvalue weighted by Gasteiger charge is -2.35. The summed E-state index contributed by atoms with van der Waals surface area (Å²) < 4.78 is 0. The Bertz CT molecular complexity index is 625. The van der Waals surface area contributed by atoms with Crippen LogP contribution < -0.4 is 5.32 Å². The summed E-state index contributed by atoms with van der Waals surface area (Å²) in [6.07, 6.45) is 0. The van der Waals surface area contributed by atoms with Crippen LogP contribution in [0.5, 0.6) is 0 Å². The number of nitrogens with zero attached hydrogens (tertiary/aromatic N) is 2. The molecule has 0 aromatic heterocycles. The predicted molar refractivity (Wildman–Crippen MR) is 91.8 cm³/mol. The summed E-state index contributed by atoms with van der Waals surface area (Å²) in [7, 11) is 0. The van der Waals surface area contributed by atoms with Crippen molar-refractivity contribution in [1.29, 1.82) is 0 Å². The van der Waals surface area contributed by atoms with E-state index in [1.807, 2.05) is 13.8 Å². The highest BCUT2D eigenvalue weighted by Gasteiger charge is 2.25. The van der Waals surface area contributed by atoms with Crippen molar-refractivity contribution >= 4 is 29.3 Å². The van der Waals surface area contributed by atoms with Gasteiger partial charge in [-0.05, 0) is 12.1 Å². The van der Waals surface area contributed by atoms with Crippen molar-refractivity contribution in [3.8, 4) is 0 Å². The standard InChI is InChI=1S/C17H22ClN3O3/c1-12(2)17(24)21-9-7-20(8-10-21)15(22)11-19-16(23)13-5-3-4-6-14(13)18/h3-6,12H,7-11H2,1-2H3,(H,19,23). The summed E-state index contributed by atoms with van der Waals surface area (Å²) in [5.74, 6) is -0.467. The zero-order chi connectivity index (χ0) is 17.7. The molecule has 6 nitrogen and oxygen atoms in total. The van der Waals surface area contributed by atoms with Crippen molar-refractivity contribution in [2.45, 2.75) is 13.8 Å². The van der Waals surface area contributed by atoms with Crippen LogP contribution in [0.1, 0.15) is 24.2 Å². The van der Waals surface area contributed by atoms with E-state index in [-0.39, 0.29) is 30.2 Å². The van der Waals surface area contributed by atoms with Gasteiger partial charge in [-0.3, -0.25) is 14.4 Å². The van der Waals surface area contributed by atoms with Crippen LogP contribution in [0.2, 0.25) is 5.02 Å². The lowest BCUT2D eigenvalue weighted by molar-refractivity contribution is -0.140. The van der Waals surface area contributed by atoms with E-state index in [0.717, 1.165) is 0 Å². The first-order chi connectivity index (χ1) is 11.4. The summed E-state index contributed by atoms with van der Waals surface area (Å²) >= 11 is 5.96.